The average molecular weight is 276 g/mol. The molecule has 2 aromatic rings. The van der Waals surface area contributed by atoms with E-state index >= 15 is 0 Å². The third-order valence-corrected chi connectivity index (χ3v) is 3.41. The summed E-state index contributed by atoms with van der Waals surface area (Å²) in [6, 6.07) is 3.59. The summed E-state index contributed by atoms with van der Waals surface area (Å²) in [5.74, 6) is -0.163. The second-order valence-electron chi connectivity index (χ2n) is 4.34. The molecule has 0 aliphatic rings. The van der Waals surface area contributed by atoms with Crippen LogP contribution in [0.2, 0.25) is 0 Å². The molecule has 0 aliphatic carbocycles. The van der Waals surface area contributed by atoms with E-state index in [1.807, 2.05) is 25.3 Å². The van der Waals surface area contributed by atoms with Crippen LogP contribution in [-0.2, 0) is 4.74 Å². The van der Waals surface area contributed by atoms with Gasteiger partial charge in [-0.1, -0.05) is 13.8 Å². The summed E-state index contributed by atoms with van der Waals surface area (Å²) in [6.07, 6.45) is 1.75. The molecule has 0 N–H and O–H groups in total. The number of pyridine rings is 1. The fraction of sp³-hybridized carbons (Fsp3) is 0.357. The first-order valence-electron chi connectivity index (χ1n) is 6.21. The molecule has 0 spiro atoms. The van der Waals surface area contributed by atoms with E-state index in [1.54, 1.807) is 19.2 Å². The summed E-state index contributed by atoms with van der Waals surface area (Å²) < 4.78 is 5.06. The van der Waals surface area contributed by atoms with E-state index in [-0.39, 0.29) is 11.9 Å². The highest BCUT2D eigenvalue weighted by molar-refractivity contribution is 7.13. The van der Waals surface area contributed by atoms with Gasteiger partial charge in [-0.25, -0.2) is 14.8 Å². The lowest BCUT2D eigenvalue weighted by Gasteiger charge is -2.12. The van der Waals surface area contributed by atoms with Crippen LogP contribution in [0.25, 0.3) is 10.7 Å². The van der Waals surface area contributed by atoms with E-state index in [9.17, 15) is 4.79 Å². The monoisotopic (exact) mass is 276 g/mol. The Labute approximate surface area is 116 Å². The van der Waals surface area contributed by atoms with Crippen LogP contribution in [0.5, 0.6) is 0 Å². The van der Waals surface area contributed by atoms with Gasteiger partial charge in [-0.15, -0.1) is 11.3 Å². The van der Waals surface area contributed by atoms with Gasteiger partial charge in [0.2, 0.25) is 0 Å². The van der Waals surface area contributed by atoms with Gasteiger partial charge in [0, 0.05) is 11.6 Å². The summed E-state index contributed by atoms with van der Waals surface area (Å²) in [4.78, 5) is 20.7. The van der Waals surface area contributed by atoms with Gasteiger partial charge in [-0.2, -0.15) is 0 Å². The summed E-state index contributed by atoms with van der Waals surface area (Å²) in [6.45, 7) is 6.18. The topological polar surface area (TPSA) is 52.1 Å². The van der Waals surface area contributed by atoms with E-state index in [1.165, 1.54) is 11.3 Å². The normalized spacial score (nSPS) is 10.7. The first-order valence-corrected chi connectivity index (χ1v) is 7.09. The van der Waals surface area contributed by atoms with Crippen LogP contribution >= 0.6 is 11.3 Å². The molecule has 4 nitrogen and oxygen atoms in total. The highest BCUT2D eigenvalue weighted by Gasteiger charge is 2.18. The average Bonchev–Trinajstić information content (AvgIpc) is 2.92. The van der Waals surface area contributed by atoms with E-state index in [0.717, 1.165) is 16.4 Å². The lowest BCUT2D eigenvalue weighted by Crippen LogP contribution is -2.11. The molecular weight excluding hydrogens is 260 g/mol. The van der Waals surface area contributed by atoms with Gasteiger partial charge in [0.1, 0.15) is 5.01 Å². The van der Waals surface area contributed by atoms with Crippen LogP contribution in [0.3, 0.4) is 0 Å². The number of thiazole rings is 1. The molecular formula is C14H16N2O2S. The molecule has 0 bridgehead atoms. The van der Waals surface area contributed by atoms with Crippen molar-refractivity contribution in [2.24, 2.45) is 0 Å². The van der Waals surface area contributed by atoms with Gasteiger partial charge < -0.3 is 4.74 Å². The number of esters is 1. The van der Waals surface area contributed by atoms with Gasteiger partial charge in [0.25, 0.3) is 0 Å². The Bertz CT molecular complexity index is 565. The van der Waals surface area contributed by atoms with Crippen LogP contribution in [0.4, 0.5) is 0 Å². The van der Waals surface area contributed by atoms with Crippen LogP contribution < -0.4 is 0 Å². The highest BCUT2D eigenvalue weighted by atomic mass is 32.1. The number of hydrogen-bond acceptors (Lipinski definition) is 5. The standard InChI is InChI=1S/C14H16N2O2S/c1-4-18-14(17)10-5-6-11(13-15-7-8-19-13)16-12(10)9(2)3/h5-9H,4H2,1-3H3. The van der Waals surface area contributed by atoms with Crippen molar-refractivity contribution in [3.05, 3.63) is 35.0 Å². The van der Waals surface area contributed by atoms with Crippen molar-refractivity contribution in [3.63, 3.8) is 0 Å². The molecule has 0 aromatic carbocycles. The molecule has 0 amide bonds. The van der Waals surface area contributed by atoms with E-state index < -0.39 is 0 Å². The van der Waals surface area contributed by atoms with Crippen LogP contribution in [0.15, 0.2) is 23.7 Å². The van der Waals surface area contributed by atoms with Crippen molar-refractivity contribution < 1.29 is 9.53 Å². The Morgan fingerprint density at radius 2 is 2.21 bits per heavy atom. The van der Waals surface area contributed by atoms with Crippen molar-refractivity contribution in [3.8, 4) is 10.7 Å². The quantitative estimate of drug-likeness (QED) is 0.802. The molecule has 2 aromatic heterocycles. The van der Waals surface area contributed by atoms with Crippen molar-refractivity contribution >= 4 is 17.3 Å². The van der Waals surface area contributed by atoms with Gasteiger partial charge in [0.05, 0.1) is 23.6 Å². The second-order valence-corrected chi connectivity index (χ2v) is 5.24. The summed E-state index contributed by atoms with van der Waals surface area (Å²) in [5, 5.41) is 2.77. The largest absolute Gasteiger partial charge is 0.462 e. The molecule has 0 saturated heterocycles. The van der Waals surface area contributed by atoms with Gasteiger partial charge in [0.15, 0.2) is 0 Å². The first kappa shape index (κ1) is 13.7. The highest BCUT2D eigenvalue weighted by Crippen LogP contribution is 2.25. The Hall–Kier alpha value is -1.75. The zero-order valence-electron chi connectivity index (χ0n) is 11.2. The predicted molar refractivity (Wildman–Crippen MR) is 75.4 cm³/mol. The molecule has 100 valence electrons. The lowest BCUT2D eigenvalue weighted by molar-refractivity contribution is 0.0524. The molecule has 0 aliphatic heterocycles. The molecule has 19 heavy (non-hydrogen) atoms. The Morgan fingerprint density at radius 3 is 2.79 bits per heavy atom. The number of nitrogens with zero attached hydrogens (tertiary/aromatic N) is 2. The lowest BCUT2D eigenvalue weighted by atomic mass is 10.0. The minimum absolute atomic E-state index is 0.152. The van der Waals surface area contributed by atoms with Crippen molar-refractivity contribution in [2.45, 2.75) is 26.7 Å². The maximum atomic E-state index is 11.9. The zero-order valence-corrected chi connectivity index (χ0v) is 12.0. The molecule has 5 heteroatoms. The molecule has 2 rings (SSSR count). The summed E-state index contributed by atoms with van der Waals surface area (Å²) >= 11 is 1.53. The van der Waals surface area contributed by atoms with E-state index in [0.29, 0.717) is 12.2 Å². The van der Waals surface area contributed by atoms with Crippen molar-refractivity contribution in [1.82, 2.24) is 9.97 Å². The number of hydrogen-bond donors (Lipinski definition) is 0. The Balaban J connectivity index is 2.44. The Morgan fingerprint density at radius 1 is 1.42 bits per heavy atom. The maximum absolute atomic E-state index is 11.9. The number of carbonyl (C=O) groups is 1. The van der Waals surface area contributed by atoms with E-state index in [2.05, 4.69) is 9.97 Å². The number of carbonyl (C=O) groups excluding carboxylic acids is 1. The van der Waals surface area contributed by atoms with E-state index in [4.69, 9.17) is 4.74 Å². The smallest absolute Gasteiger partial charge is 0.339 e. The van der Waals surface area contributed by atoms with Crippen LogP contribution in [-0.4, -0.2) is 22.5 Å². The molecule has 0 fully saturated rings. The molecule has 2 heterocycles. The second kappa shape index (κ2) is 5.93. The third-order valence-electron chi connectivity index (χ3n) is 2.62. The minimum atomic E-state index is -0.315. The first-order chi connectivity index (χ1) is 9.13. The third kappa shape index (κ3) is 2.98. The molecule has 0 saturated carbocycles. The minimum Gasteiger partial charge on any atom is -0.462 e. The SMILES string of the molecule is CCOC(=O)c1ccc(-c2nccs2)nc1C(C)C. The summed E-state index contributed by atoms with van der Waals surface area (Å²) in [7, 11) is 0. The van der Waals surface area contributed by atoms with Gasteiger partial charge >= 0.3 is 5.97 Å². The fourth-order valence-electron chi connectivity index (χ4n) is 1.77. The maximum Gasteiger partial charge on any atom is 0.339 e. The van der Waals surface area contributed by atoms with Crippen LogP contribution in [0.1, 0.15) is 42.7 Å². The molecule has 0 atom stereocenters. The van der Waals surface area contributed by atoms with Gasteiger partial charge in [-0.05, 0) is 25.0 Å². The number of aromatic nitrogens is 2. The summed E-state index contributed by atoms with van der Waals surface area (Å²) in [5.41, 5.74) is 2.09. The van der Waals surface area contributed by atoms with Crippen LogP contribution in [0, 0.1) is 0 Å². The number of rotatable bonds is 4. The molecule has 0 unspecified atom stereocenters. The number of ether oxygens (including phenoxy) is 1. The van der Waals surface area contributed by atoms with Gasteiger partial charge in [-0.3, -0.25) is 0 Å². The van der Waals surface area contributed by atoms with Crippen molar-refractivity contribution in [2.75, 3.05) is 6.61 Å². The molecule has 0 radical (unpaired) electrons. The predicted octanol–water partition coefficient (Wildman–Crippen LogP) is 3.51. The fourth-order valence-corrected chi connectivity index (χ4v) is 2.37. The zero-order chi connectivity index (χ0) is 13.8. The Kier molecular flexibility index (Phi) is 4.27. The van der Waals surface area contributed by atoms with Crippen molar-refractivity contribution in [1.29, 1.82) is 0 Å².